The van der Waals surface area contributed by atoms with Crippen molar-refractivity contribution in [1.29, 1.82) is 0 Å². The first-order valence-electron chi connectivity index (χ1n) is 10.5. The van der Waals surface area contributed by atoms with Crippen LogP contribution in [0.25, 0.3) is 10.8 Å². The molecule has 0 unspecified atom stereocenters. The van der Waals surface area contributed by atoms with E-state index >= 15 is 0 Å². The van der Waals surface area contributed by atoms with Crippen LogP contribution in [-0.2, 0) is 14.8 Å². The van der Waals surface area contributed by atoms with E-state index < -0.39 is 15.9 Å². The Kier molecular flexibility index (Phi) is 7.55. The number of likely N-dealkylation sites (tertiary alicyclic amines) is 1. The second-order valence-electron chi connectivity index (χ2n) is 7.87. The number of nitrogens with one attached hydrogen (secondary N) is 2. The fourth-order valence-corrected chi connectivity index (χ4v) is 5.34. The van der Waals surface area contributed by atoms with Crippen molar-refractivity contribution in [2.24, 2.45) is 0 Å². The minimum atomic E-state index is -3.52. The first-order valence-corrected chi connectivity index (χ1v) is 12.3. The number of sulfonamides is 1. The highest BCUT2D eigenvalue weighted by atomic mass is 32.2. The number of carbonyl (C=O) groups excluding carboxylic acids is 1. The minimum Gasteiger partial charge on any atom is -0.296 e. The highest BCUT2D eigenvalue weighted by Gasteiger charge is 2.33. The van der Waals surface area contributed by atoms with Crippen molar-refractivity contribution in [1.82, 2.24) is 20.1 Å². The SMILES string of the molecule is CC#CNNC(=O)CN(C1CCN([C@H](C)c2cccc3ccccc23)CC1)S(C)(=O)=O. The van der Waals surface area contributed by atoms with Crippen molar-refractivity contribution in [3.63, 3.8) is 0 Å². The average Bonchev–Trinajstić information content (AvgIpc) is 2.76. The largest absolute Gasteiger partial charge is 0.296 e. The zero-order valence-electron chi connectivity index (χ0n) is 18.3. The van der Waals surface area contributed by atoms with Crippen LogP contribution in [-0.4, -0.2) is 55.5 Å². The molecule has 1 atom stereocenters. The molecule has 2 aromatic carbocycles. The molecule has 1 aliphatic heterocycles. The lowest BCUT2D eigenvalue weighted by Gasteiger charge is -2.39. The molecule has 0 bridgehead atoms. The molecular formula is C23H30N4O3S. The summed E-state index contributed by atoms with van der Waals surface area (Å²) in [6, 6.07) is 17.3. The third kappa shape index (κ3) is 5.76. The molecule has 1 aliphatic rings. The summed E-state index contributed by atoms with van der Waals surface area (Å²) in [5, 5.41) is 2.47. The van der Waals surface area contributed by atoms with Gasteiger partial charge in [-0.05, 0) is 43.0 Å². The molecule has 7 nitrogen and oxygen atoms in total. The van der Waals surface area contributed by atoms with Crippen molar-refractivity contribution < 1.29 is 13.2 Å². The normalized spacial score (nSPS) is 16.5. The molecule has 166 valence electrons. The number of hydrazine groups is 1. The number of rotatable bonds is 7. The van der Waals surface area contributed by atoms with Gasteiger partial charge in [0.2, 0.25) is 10.0 Å². The van der Waals surface area contributed by atoms with Gasteiger partial charge < -0.3 is 0 Å². The van der Waals surface area contributed by atoms with Gasteiger partial charge in [-0.1, -0.05) is 48.4 Å². The number of benzene rings is 2. The van der Waals surface area contributed by atoms with E-state index in [-0.39, 0.29) is 18.6 Å². The maximum atomic E-state index is 12.4. The second kappa shape index (κ2) is 10.1. The summed E-state index contributed by atoms with van der Waals surface area (Å²) in [5.41, 5.74) is 6.15. The fourth-order valence-electron chi connectivity index (χ4n) is 4.23. The highest BCUT2D eigenvalue weighted by Crippen LogP contribution is 2.31. The summed E-state index contributed by atoms with van der Waals surface area (Å²) in [4.78, 5) is 14.5. The van der Waals surface area contributed by atoms with Gasteiger partial charge in [-0.3, -0.25) is 20.5 Å². The van der Waals surface area contributed by atoms with Crippen molar-refractivity contribution >= 4 is 26.7 Å². The zero-order chi connectivity index (χ0) is 22.4. The third-order valence-electron chi connectivity index (χ3n) is 5.84. The number of nitrogens with zero attached hydrogens (tertiary/aromatic N) is 2. The van der Waals surface area contributed by atoms with Crippen LogP contribution in [0.3, 0.4) is 0 Å². The van der Waals surface area contributed by atoms with E-state index in [0.29, 0.717) is 12.8 Å². The van der Waals surface area contributed by atoms with Crippen molar-refractivity contribution in [2.75, 3.05) is 25.9 Å². The zero-order valence-corrected chi connectivity index (χ0v) is 19.1. The van der Waals surface area contributed by atoms with Gasteiger partial charge in [-0.2, -0.15) is 4.31 Å². The van der Waals surface area contributed by atoms with E-state index in [9.17, 15) is 13.2 Å². The Morgan fingerprint density at radius 3 is 2.55 bits per heavy atom. The maximum Gasteiger partial charge on any atom is 0.254 e. The van der Waals surface area contributed by atoms with Gasteiger partial charge in [0, 0.05) is 31.2 Å². The molecule has 2 aromatic rings. The molecule has 2 N–H and O–H groups in total. The molecule has 0 radical (unpaired) electrons. The smallest absolute Gasteiger partial charge is 0.254 e. The number of hydrogen-bond acceptors (Lipinski definition) is 5. The molecule has 3 rings (SSSR count). The highest BCUT2D eigenvalue weighted by molar-refractivity contribution is 7.88. The molecule has 31 heavy (non-hydrogen) atoms. The Balaban J connectivity index is 1.67. The summed E-state index contributed by atoms with van der Waals surface area (Å²) in [6.07, 6.45) is 2.51. The maximum absolute atomic E-state index is 12.4. The lowest BCUT2D eigenvalue weighted by molar-refractivity contribution is -0.122. The molecule has 0 spiro atoms. The van der Waals surface area contributed by atoms with Crippen LogP contribution in [0, 0.1) is 12.0 Å². The van der Waals surface area contributed by atoms with Crippen molar-refractivity contribution in [3.05, 3.63) is 48.0 Å². The Hall–Kier alpha value is -2.60. The predicted molar refractivity (Wildman–Crippen MR) is 123 cm³/mol. The predicted octanol–water partition coefficient (Wildman–Crippen LogP) is 2.23. The van der Waals surface area contributed by atoms with E-state index in [4.69, 9.17) is 0 Å². The topological polar surface area (TPSA) is 81.8 Å². The van der Waals surface area contributed by atoms with Crippen molar-refractivity contribution in [2.45, 2.75) is 38.8 Å². The lowest BCUT2D eigenvalue weighted by Crippen LogP contribution is -2.51. The number of amides is 1. The minimum absolute atomic E-state index is 0.200. The molecule has 1 saturated heterocycles. The van der Waals surface area contributed by atoms with Crippen LogP contribution in [0.5, 0.6) is 0 Å². The standard InChI is InChI=1S/C23H30N4O3S/c1-4-14-24-25-23(28)17-27(31(3,29)30)20-12-15-26(16-13-20)18(2)21-11-7-9-19-8-5-6-10-22(19)21/h5-11,18,20,24H,12-13,15-17H2,1-3H3,(H,25,28)/t18-/m1/s1. The molecular weight excluding hydrogens is 412 g/mol. The van der Waals surface area contributed by atoms with Gasteiger partial charge in [0.15, 0.2) is 0 Å². The number of carbonyl (C=O) groups is 1. The van der Waals surface area contributed by atoms with E-state index in [1.807, 2.05) is 6.07 Å². The second-order valence-corrected chi connectivity index (χ2v) is 9.80. The monoisotopic (exact) mass is 442 g/mol. The summed E-state index contributed by atoms with van der Waals surface area (Å²) < 4.78 is 26.0. The van der Waals surface area contributed by atoms with Gasteiger partial charge in [0.25, 0.3) is 5.91 Å². The summed E-state index contributed by atoms with van der Waals surface area (Å²) in [7, 11) is -3.52. The van der Waals surface area contributed by atoms with Gasteiger partial charge >= 0.3 is 0 Å². The van der Waals surface area contributed by atoms with Crippen molar-refractivity contribution in [3.8, 4) is 12.0 Å². The molecule has 0 aromatic heterocycles. The summed E-state index contributed by atoms with van der Waals surface area (Å²) in [6.45, 7) is 5.14. The third-order valence-corrected chi connectivity index (χ3v) is 7.12. The average molecular weight is 443 g/mol. The number of hydrogen-bond donors (Lipinski definition) is 2. The van der Waals surface area contributed by atoms with Crippen LogP contribution in [0.2, 0.25) is 0 Å². The molecule has 1 heterocycles. The van der Waals surface area contributed by atoms with Crippen LogP contribution in [0.1, 0.15) is 38.3 Å². The van der Waals surface area contributed by atoms with Crippen LogP contribution in [0.15, 0.2) is 42.5 Å². The molecule has 1 amide bonds. The Morgan fingerprint density at radius 1 is 1.19 bits per heavy atom. The lowest BCUT2D eigenvalue weighted by atomic mass is 9.96. The van der Waals surface area contributed by atoms with E-state index in [1.165, 1.54) is 20.6 Å². The van der Waals surface area contributed by atoms with Gasteiger partial charge in [-0.25, -0.2) is 8.42 Å². The van der Waals surface area contributed by atoms with Crippen LogP contribution < -0.4 is 10.9 Å². The first kappa shape index (κ1) is 23.1. The van der Waals surface area contributed by atoms with Gasteiger partial charge in [0.05, 0.1) is 12.8 Å². The molecule has 0 aliphatic carbocycles. The van der Waals surface area contributed by atoms with E-state index in [0.717, 1.165) is 19.3 Å². The summed E-state index contributed by atoms with van der Waals surface area (Å²) in [5.74, 6) is 2.17. The van der Waals surface area contributed by atoms with Gasteiger partial charge in [0.1, 0.15) is 0 Å². The van der Waals surface area contributed by atoms with E-state index in [2.05, 4.69) is 71.0 Å². The van der Waals surface area contributed by atoms with Crippen LogP contribution >= 0.6 is 0 Å². The molecule has 8 heteroatoms. The van der Waals surface area contributed by atoms with Gasteiger partial charge in [-0.15, -0.1) is 0 Å². The Labute approximate surface area is 184 Å². The molecule has 1 fully saturated rings. The Morgan fingerprint density at radius 2 is 1.87 bits per heavy atom. The fraction of sp³-hybridized carbons (Fsp3) is 0.435. The number of piperidine rings is 1. The first-order chi connectivity index (χ1) is 14.8. The Bertz CT molecular complexity index is 1080. The van der Waals surface area contributed by atoms with E-state index in [1.54, 1.807) is 6.92 Å². The number of fused-ring (bicyclic) bond motifs is 1. The van der Waals surface area contributed by atoms with Crippen LogP contribution in [0.4, 0.5) is 0 Å². The quantitative estimate of drug-likeness (QED) is 0.390. The molecule has 0 saturated carbocycles. The summed E-state index contributed by atoms with van der Waals surface area (Å²) >= 11 is 0.